The molecule has 0 aromatic carbocycles. The number of hydrogen-bond donors (Lipinski definition) is 1. The van der Waals surface area contributed by atoms with Crippen LogP contribution in [0.1, 0.15) is 37.0 Å². The summed E-state index contributed by atoms with van der Waals surface area (Å²) in [6.45, 7) is -0.0313. The molecule has 1 aliphatic rings. The lowest BCUT2D eigenvalue weighted by atomic mass is 10.0. The van der Waals surface area contributed by atoms with Crippen molar-refractivity contribution in [1.82, 2.24) is 0 Å². The third kappa shape index (κ3) is 3.91. The van der Waals surface area contributed by atoms with Crippen LogP contribution < -0.4 is 0 Å². The fourth-order valence-corrected chi connectivity index (χ4v) is 4.45. The largest absolute Gasteiger partial charge is 0.392 e. The monoisotopic (exact) mass is 300 g/mol. The van der Waals surface area contributed by atoms with Crippen LogP contribution in [0.25, 0.3) is 5.57 Å². The van der Waals surface area contributed by atoms with Gasteiger partial charge in [0.25, 0.3) is 0 Å². The molecule has 1 aromatic heterocycles. The van der Waals surface area contributed by atoms with Crippen molar-refractivity contribution in [2.45, 2.75) is 36.3 Å². The van der Waals surface area contributed by atoms with Crippen LogP contribution in [0.2, 0.25) is 0 Å². The molecule has 2 rings (SSSR count). The van der Waals surface area contributed by atoms with Crippen molar-refractivity contribution >= 4 is 26.7 Å². The van der Waals surface area contributed by atoms with Gasteiger partial charge in [-0.1, -0.05) is 31.8 Å². The van der Waals surface area contributed by atoms with E-state index in [1.807, 2.05) is 0 Å². The van der Waals surface area contributed by atoms with Gasteiger partial charge < -0.3 is 5.11 Å². The summed E-state index contributed by atoms with van der Waals surface area (Å²) >= 11 is 1.24. The summed E-state index contributed by atoms with van der Waals surface area (Å²) in [5.41, 5.74) is 0.854. The predicted octanol–water partition coefficient (Wildman–Crippen LogP) is 3.11. The van der Waals surface area contributed by atoms with E-state index in [9.17, 15) is 13.5 Å². The van der Waals surface area contributed by atoms with Crippen LogP contribution in [-0.4, -0.2) is 26.4 Å². The molecule has 0 atom stereocenters. The van der Waals surface area contributed by atoms with Crippen molar-refractivity contribution in [3.05, 3.63) is 23.1 Å². The smallest absolute Gasteiger partial charge is 0.184 e. The van der Waals surface area contributed by atoms with Gasteiger partial charge in [0.15, 0.2) is 9.84 Å². The molecule has 1 heterocycles. The van der Waals surface area contributed by atoms with E-state index in [1.165, 1.54) is 43.3 Å². The standard InChI is InChI=1S/C14H20O3S2/c1-19(16,17)14-9-8-13(18-14)12(10-15)7-6-11-4-2-3-5-11/h7-9,11,15H,2-6,10H2,1H3. The Morgan fingerprint density at radius 1 is 1.42 bits per heavy atom. The van der Waals surface area contributed by atoms with Crippen LogP contribution in [-0.2, 0) is 9.84 Å². The van der Waals surface area contributed by atoms with Gasteiger partial charge >= 0.3 is 0 Å². The summed E-state index contributed by atoms with van der Waals surface area (Å²) in [6, 6.07) is 3.41. The van der Waals surface area contributed by atoms with Gasteiger partial charge in [0.05, 0.1) is 6.61 Å². The van der Waals surface area contributed by atoms with E-state index in [1.54, 1.807) is 12.1 Å². The van der Waals surface area contributed by atoms with Crippen molar-refractivity contribution in [2.75, 3.05) is 12.9 Å². The van der Waals surface area contributed by atoms with Crippen molar-refractivity contribution < 1.29 is 13.5 Å². The summed E-state index contributed by atoms with van der Waals surface area (Å²) in [5.74, 6) is 0.732. The molecule has 106 valence electrons. The molecule has 0 saturated heterocycles. The second-order valence-electron chi connectivity index (χ2n) is 5.16. The molecule has 3 nitrogen and oxygen atoms in total. The van der Waals surface area contributed by atoms with Gasteiger partial charge in [-0.2, -0.15) is 0 Å². The molecule has 1 fully saturated rings. The minimum Gasteiger partial charge on any atom is -0.392 e. The van der Waals surface area contributed by atoms with E-state index in [4.69, 9.17) is 0 Å². The molecule has 5 heteroatoms. The average molecular weight is 300 g/mol. The SMILES string of the molecule is CS(=O)(=O)c1ccc(C(=CCC2CCCC2)CO)s1. The molecule has 1 aromatic rings. The van der Waals surface area contributed by atoms with E-state index in [-0.39, 0.29) is 6.61 Å². The quantitative estimate of drug-likeness (QED) is 0.909. The van der Waals surface area contributed by atoms with E-state index >= 15 is 0 Å². The zero-order chi connectivity index (χ0) is 13.9. The summed E-state index contributed by atoms with van der Waals surface area (Å²) in [5, 5.41) is 9.45. The van der Waals surface area contributed by atoms with Crippen molar-refractivity contribution in [1.29, 1.82) is 0 Å². The van der Waals surface area contributed by atoms with Gasteiger partial charge in [0.2, 0.25) is 0 Å². The Labute approximate surface area is 118 Å². The highest BCUT2D eigenvalue weighted by atomic mass is 32.2. The minimum absolute atomic E-state index is 0.0313. The highest BCUT2D eigenvalue weighted by Crippen LogP contribution is 2.31. The minimum atomic E-state index is -3.14. The number of aliphatic hydroxyl groups excluding tert-OH is 1. The molecule has 0 bridgehead atoms. The summed E-state index contributed by atoms with van der Waals surface area (Å²) < 4.78 is 23.3. The number of thiophene rings is 1. The maximum Gasteiger partial charge on any atom is 0.184 e. The second kappa shape index (κ2) is 6.20. The summed E-state index contributed by atoms with van der Waals surface area (Å²) in [7, 11) is -3.14. The van der Waals surface area contributed by atoms with Gasteiger partial charge in [0.1, 0.15) is 4.21 Å². The van der Waals surface area contributed by atoms with Gasteiger partial charge in [-0.3, -0.25) is 0 Å². The zero-order valence-electron chi connectivity index (χ0n) is 11.1. The Hall–Kier alpha value is -0.650. The fraction of sp³-hybridized carbons (Fsp3) is 0.571. The van der Waals surface area contributed by atoms with Crippen LogP contribution in [0.3, 0.4) is 0 Å². The lowest BCUT2D eigenvalue weighted by Crippen LogP contribution is -1.94. The second-order valence-corrected chi connectivity index (χ2v) is 8.49. The highest BCUT2D eigenvalue weighted by molar-refractivity contribution is 7.92. The molecular weight excluding hydrogens is 280 g/mol. The average Bonchev–Trinajstić information content (AvgIpc) is 2.98. The molecule has 0 aliphatic heterocycles. The third-order valence-corrected chi connectivity index (χ3v) is 6.59. The van der Waals surface area contributed by atoms with E-state index < -0.39 is 9.84 Å². The molecule has 19 heavy (non-hydrogen) atoms. The number of hydrogen-bond acceptors (Lipinski definition) is 4. The first-order chi connectivity index (χ1) is 9.00. The Morgan fingerprint density at radius 2 is 2.11 bits per heavy atom. The topological polar surface area (TPSA) is 54.4 Å². The Morgan fingerprint density at radius 3 is 2.63 bits per heavy atom. The Kier molecular flexibility index (Phi) is 4.81. The Bertz CT molecular complexity index is 549. The first kappa shape index (κ1) is 14.8. The molecule has 1 saturated carbocycles. The molecular formula is C14H20O3S2. The zero-order valence-corrected chi connectivity index (χ0v) is 12.8. The summed E-state index contributed by atoms with van der Waals surface area (Å²) in [4.78, 5) is 0.862. The van der Waals surface area contributed by atoms with Crippen molar-refractivity contribution in [3.8, 4) is 0 Å². The van der Waals surface area contributed by atoms with Crippen LogP contribution in [0.5, 0.6) is 0 Å². The lowest BCUT2D eigenvalue weighted by molar-refractivity contribution is 0.350. The number of rotatable bonds is 5. The van der Waals surface area contributed by atoms with Crippen molar-refractivity contribution in [2.24, 2.45) is 5.92 Å². The van der Waals surface area contributed by atoms with Gasteiger partial charge in [0, 0.05) is 11.1 Å². The van der Waals surface area contributed by atoms with E-state index in [2.05, 4.69) is 6.08 Å². The molecule has 0 unspecified atom stereocenters. The highest BCUT2D eigenvalue weighted by Gasteiger charge is 2.15. The van der Waals surface area contributed by atoms with Gasteiger partial charge in [-0.05, 0) is 30.0 Å². The van der Waals surface area contributed by atoms with E-state index in [0.717, 1.165) is 22.8 Å². The first-order valence-corrected chi connectivity index (χ1v) is 9.31. The maximum atomic E-state index is 11.5. The van der Waals surface area contributed by atoms with Crippen LogP contribution in [0.15, 0.2) is 22.4 Å². The van der Waals surface area contributed by atoms with E-state index in [0.29, 0.717) is 4.21 Å². The lowest BCUT2D eigenvalue weighted by Gasteiger charge is -2.06. The molecule has 1 aliphatic carbocycles. The normalized spacial score (nSPS) is 18.1. The van der Waals surface area contributed by atoms with Crippen LogP contribution in [0.4, 0.5) is 0 Å². The van der Waals surface area contributed by atoms with Gasteiger partial charge in [-0.25, -0.2) is 8.42 Å². The van der Waals surface area contributed by atoms with Crippen molar-refractivity contribution in [3.63, 3.8) is 0 Å². The molecule has 0 radical (unpaired) electrons. The number of allylic oxidation sites excluding steroid dienone is 1. The van der Waals surface area contributed by atoms with Crippen LogP contribution in [0, 0.1) is 5.92 Å². The third-order valence-electron chi connectivity index (χ3n) is 3.61. The van der Waals surface area contributed by atoms with Crippen LogP contribution >= 0.6 is 11.3 Å². The molecule has 1 N–H and O–H groups in total. The maximum absolute atomic E-state index is 11.5. The Balaban J connectivity index is 2.12. The molecule has 0 spiro atoms. The molecule has 0 amide bonds. The predicted molar refractivity (Wildman–Crippen MR) is 79.1 cm³/mol. The summed E-state index contributed by atoms with van der Waals surface area (Å²) in [6.07, 6.45) is 9.44. The number of sulfone groups is 1. The van der Waals surface area contributed by atoms with Gasteiger partial charge in [-0.15, -0.1) is 11.3 Å². The number of aliphatic hydroxyl groups is 1. The first-order valence-electron chi connectivity index (χ1n) is 6.61. The fourth-order valence-electron chi connectivity index (χ4n) is 2.49.